The first kappa shape index (κ1) is 23.3. The largest absolute Gasteiger partial charge is 0.468 e. The van der Waals surface area contributed by atoms with Gasteiger partial charge in [0, 0.05) is 38.7 Å². The second-order valence-electron chi connectivity index (χ2n) is 8.26. The van der Waals surface area contributed by atoms with Gasteiger partial charge < -0.3 is 19.1 Å². The molecule has 1 aromatic carbocycles. The number of likely N-dealkylation sites (tertiary alicyclic amines) is 1. The second kappa shape index (κ2) is 9.18. The van der Waals surface area contributed by atoms with Crippen molar-refractivity contribution < 1.29 is 27.9 Å². The van der Waals surface area contributed by atoms with Crippen LogP contribution in [0.1, 0.15) is 29.0 Å². The summed E-state index contributed by atoms with van der Waals surface area (Å²) in [6.07, 6.45) is 0.760. The Labute approximate surface area is 194 Å². The van der Waals surface area contributed by atoms with E-state index in [1.807, 2.05) is 11.9 Å². The molecule has 8 nitrogen and oxygen atoms in total. The van der Waals surface area contributed by atoms with Crippen molar-refractivity contribution in [2.75, 3.05) is 33.8 Å². The number of hydrogen-bond acceptors (Lipinski definition) is 6. The molecule has 2 aliphatic heterocycles. The molecule has 0 spiro atoms. The number of carbonyl (C=O) groups is 3. The lowest BCUT2D eigenvalue weighted by Gasteiger charge is -2.30. The standard InChI is InChI=1S/C22H23ClF2N4O4/c1-27-5-3-6-29-17(11-27)19(26-20(29)12-8-14(23)16(25)9-15(12)24)21(31)28-7-4-18(30)13(10-28)22(32)33-2/h8-9,13H,3-7,10-11H2,1-2H3. The maximum Gasteiger partial charge on any atom is 0.318 e. The molecule has 0 aliphatic carbocycles. The maximum absolute atomic E-state index is 14.7. The summed E-state index contributed by atoms with van der Waals surface area (Å²) in [5, 5.41) is -0.252. The highest BCUT2D eigenvalue weighted by atomic mass is 35.5. The third-order valence-electron chi connectivity index (χ3n) is 6.06. The minimum absolute atomic E-state index is 0.00693. The summed E-state index contributed by atoms with van der Waals surface area (Å²) in [4.78, 5) is 45.5. The fraction of sp³-hybridized carbons (Fsp3) is 0.455. The van der Waals surface area contributed by atoms with E-state index in [2.05, 4.69) is 4.98 Å². The van der Waals surface area contributed by atoms with Gasteiger partial charge in [-0.15, -0.1) is 0 Å². The van der Waals surface area contributed by atoms with Gasteiger partial charge in [0.1, 0.15) is 23.4 Å². The van der Waals surface area contributed by atoms with Crippen LogP contribution >= 0.6 is 11.6 Å². The molecule has 11 heteroatoms. The molecule has 1 amide bonds. The Morgan fingerprint density at radius 1 is 1.18 bits per heavy atom. The lowest BCUT2D eigenvalue weighted by atomic mass is 9.96. The molecule has 2 aliphatic rings. The number of fused-ring (bicyclic) bond motifs is 1. The van der Waals surface area contributed by atoms with Crippen LogP contribution in [0.4, 0.5) is 8.78 Å². The topological polar surface area (TPSA) is 84.7 Å². The molecule has 4 rings (SSSR count). The van der Waals surface area contributed by atoms with Crippen molar-refractivity contribution in [1.29, 1.82) is 0 Å². The molecule has 1 unspecified atom stereocenters. The van der Waals surface area contributed by atoms with Gasteiger partial charge in [-0.2, -0.15) is 0 Å². The van der Waals surface area contributed by atoms with E-state index in [0.717, 1.165) is 19.0 Å². The molecule has 1 atom stereocenters. The number of piperidine rings is 1. The minimum Gasteiger partial charge on any atom is -0.468 e. The molecule has 176 valence electrons. The van der Waals surface area contributed by atoms with Gasteiger partial charge in [-0.25, -0.2) is 13.8 Å². The zero-order valence-corrected chi connectivity index (χ0v) is 19.0. The first-order valence-corrected chi connectivity index (χ1v) is 10.9. The fourth-order valence-corrected chi connectivity index (χ4v) is 4.47. The van der Waals surface area contributed by atoms with Crippen molar-refractivity contribution in [3.05, 3.63) is 40.2 Å². The third kappa shape index (κ3) is 4.37. The molecular formula is C22H23ClF2N4O4. The zero-order chi connectivity index (χ0) is 23.9. The number of nitrogens with zero attached hydrogens (tertiary/aromatic N) is 4. The van der Waals surface area contributed by atoms with Gasteiger partial charge in [0.05, 0.1) is 23.4 Å². The summed E-state index contributed by atoms with van der Waals surface area (Å²) in [5.41, 5.74) is 0.686. The van der Waals surface area contributed by atoms with E-state index in [4.69, 9.17) is 16.3 Å². The van der Waals surface area contributed by atoms with Crippen LogP contribution in [0.2, 0.25) is 5.02 Å². The smallest absolute Gasteiger partial charge is 0.318 e. The molecule has 1 aromatic heterocycles. The van der Waals surface area contributed by atoms with Crippen molar-refractivity contribution >= 4 is 29.3 Å². The van der Waals surface area contributed by atoms with Crippen molar-refractivity contribution in [2.24, 2.45) is 5.92 Å². The molecule has 0 saturated carbocycles. The molecule has 0 bridgehead atoms. The van der Waals surface area contributed by atoms with Crippen LogP contribution in [0.15, 0.2) is 12.1 Å². The van der Waals surface area contributed by atoms with Gasteiger partial charge in [-0.3, -0.25) is 14.4 Å². The van der Waals surface area contributed by atoms with Crippen molar-refractivity contribution in [3.63, 3.8) is 0 Å². The first-order valence-electron chi connectivity index (χ1n) is 10.5. The van der Waals surface area contributed by atoms with Gasteiger partial charge in [0.15, 0.2) is 11.5 Å². The number of esters is 1. The third-order valence-corrected chi connectivity index (χ3v) is 6.35. The highest BCUT2D eigenvalue weighted by Crippen LogP contribution is 2.32. The summed E-state index contributed by atoms with van der Waals surface area (Å²) in [7, 11) is 3.09. The number of halogens is 3. The van der Waals surface area contributed by atoms with E-state index in [-0.39, 0.29) is 47.4 Å². The van der Waals surface area contributed by atoms with E-state index >= 15 is 0 Å². The van der Waals surface area contributed by atoms with Gasteiger partial charge in [0.25, 0.3) is 5.91 Å². The number of carbonyl (C=O) groups excluding carboxylic acids is 3. The molecule has 3 heterocycles. The summed E-state index contributed by atoms with van der Waals surface area (Å²) in [6.45, 7) is 1.65. The maximum atomic E-state index is 14.7. The van der Waals surface area contributed by atoms with Gasteiger partial charge >= 0.3 is 5.97 Å². The number of hydrogen-bond donors (Lipinski definition) is 0. The number of aromatic nitrogens is 2. The van der Waals surface area contributed by atoms with Crippen LogP contribution in [0.3, 0.4) is 0 Å². The van der Waals surface area contributed by atoms with Crippen molar-refractivity contribution in [2.45, 2.75) is 25.9 Å². The second-order valence-corrected chi connectivity index (χ2v) is 8.67. The van der Waals surface area contributed by atoms with Crippen LogP contribution in [0.5, 0.6) is 0 Å². The Balaban J connectivity index is 1.77. The average molecular weight is 481 g/mol. The number of ether oxygens (including phenoxy) is 1. The molecule has 0 radical (unpaired) electrons. The average Bonchev–Trinajstić information content (AvgIpc) is 3.01. The van der Waals surface area contributed by atoms with Crippen LogP contribution < -0.4 is 0 Å². The van der Waals surface area contributed by atoms with E-state index in [1.54, 1.807) is 4.57 Å². The Morgan fingerprint density at radius 2 is 1.94 bits per heavy atom. The summed E-state index contributed by atoms with van der Waals surface area (Å²) in [6, 6.07) is 1.86. The van der Waals surface area contributed by atoms with Crippen LogP contribution in [-0.2, 0) is 27.4 Å². The van der Waals surface area contributed by atoms with E-state index in [9.17, 15) is 23.2 Å². The molecular weight excluding hydrogens is 458 g/mol. The van der Waals surface area contributed by atoms with E-state index < -0.39 is 29.4 Å². The first-order chi connectivity index (χ1) is 15.7. The number of amides is 1. The van der Waals surface area contributed by atoms with Crippen LogP contribution in [-0.4, -0.2) is 70.8 Å². The number of rotatable bonds is 3. The van der Waals surface area contributed by atoms with E-state index in [1.165, 1.54) is 12.0 Å². The summed E-state index contributed by atoms with van der Waals surface area (Å²) in [5.74, 6) is -4.03. The molecule has 1 fully saturated rings. The van der Waals surface area contributed by atoms with Crippen molar-refractivity contribution in [1.82, 2.24) is 19.4 Å². The molecule has 1 saturated heterocycles. The van der Waals surface area contributed by atoms with Crippen LogP contribution in [0, 0.1) is 17.6 Å². The summed E-state index contributed by atoms with van der Waals surface area (Å²) < 4.78 is 34.9. The molecule has 33 heavy (non-hydrogen) atoms. The number of imidazole rings is 1. The normalized spacial score (nSPS) is 19.2. The molecule has 2 aromatic rings. The van der Waals surface area contributed by atoms with Gasteiger partial charge in [-0.05, 0) is 26.1 Å². The predicted octanol–water partition coefficient (Wildman–Crippen LogP) is 2.52. The SMILES string of the molecule is COC(=O)C1CN(C(=O)c2nc(-c3cc(Cl)c(F)cc3F)n3c2CN(C)CCC3)CCC1=O. The van der Waals surface area contributed by atoms with Gasteiger partial charge in [-0.1, -0.05) is 11.6 Å². The lowest BCUT2D eigenvalue weighted by molar-refractivity contribution is -0.151. The highest BCUT2D eigenvalue weighted by Gasteiger charge is 2.38. The summed E-state index contributed by atoms with van der Waals surface area (Å²) >= 11 is 5.90. The number of ketones is 1. The fourth-order valence-electron chi connectivity index (χ4n) is 4.31. The monoisotopic (exact) mass is 480 g/mol. The highest BCUT2D eigenvalue weighted by molar-refractivity contribution is 6.31. The van der Waals surface area contributed by atoms with Crippen molar-refractivity contribution in [3.8, 4) is 11.4 Å². The van der Waals surface area contributed by atoms with Crippen LogP contribution in [0.25, 0.3) is 11.4 Å². The Morgan fingerprint density at radius 3 is 2.67 bits per heavy atom. The Kier molecular flexibility index (Phi) is 6.49. The lowest BCUT2D eigenvalue weighted by Crippen LogP contribution is -2.47. The minimum atomic E-state index is -1.05. The number of methoxy groups -OCH3 is 1. The Bertz CT molecular complexity index is 1130. The van der Waals surface area contributed by atoms with E-state index in [0.29, 0.717) is 24.8 Å². The molecule has 0 N–H and O–H groups in total. The number of benzene rings is 1. The predicted molar refractivity (Wildman–Crippen MR) is 115 cm³/mol. The zero-order valence-electron chi connectivity index (χ0n) is 18.2. The number of Topliss-reactive ketones (excluding diaryl/α,β-unsaturated/α-hetero) is 1. The van der Waals surface area contributed by atoms with Gasteiger partial charge in [0.2, 0.25) is 0 Å². The quantitative estimate of drug-likeness (QED) is 0.381. The Hall–Kier alpha value is -2.85.